The third-order valence-corrected chi connectivity index (χ3v) is 2.09. The average molecular weight is 226 g/mol. The lowest BCUT2D eigenvalue weighted by Crippen LogP contribution is -2.09. The smallest absolute Gasteiger partial charge is 0.306 e. The Morgan fingerprint density at radius 3 is 2.29 bits per heavy atom. The molecule has 1 aliphatic carbocycles. The molecule has 0 saturated carbocycles. The van der Waals surface area contributed by atoms with Crippen molar-refractivity contribution < 1.29 is 9.59 Å². The van der Waals surface area contributed by atoms with Crippen LogP contribution in [0.5, 0.6) is 0 Å². The van der Waals surface area contributed by atoms with Crippen LogP contribution in [-0.2, 0) is 4.79 Å². The molecule has 2 rings (SSSR count). The van der Waals surface area contributed by atoms with Gasteiger partial charge in [-0.1, -0.05) is 18.2 Å². The summed E-state index contributed by atoms with van der Waals surface area (Å²) in [6.07, 6.45) is 5.75. The summed E-state index contributed by atoms with van der Waals surface area (Å²) in [6, 6.07) is 8.58. The number of ketones is 1. The van der Waals surface area contributed by atoms with Crippen molar-refractivity contribution in [1.29, 1.82) is 0 Å². The van der Waals surface area contributed by atoms with Gasteiger partial charge in [-0.15, -0.1) is 0 Å². The van der Waals surface area contributed by atoms with E-state index in [1.807, 2.05) is 18.2 Å². The van der Waals surface area contributed by atoms with Crippen molar-refractivity contribution in [2.24, 2.45) is 4.99 Å². The number of anilines is 1. The second-order valence-corrected chi connectivity index (χ2v) is 3.40. The van der Waals surface area contributed by atoms with Gasteiger partial charge in [-0.25, -0.2) is 4.79 Å². The van der Waals surface area contributed by atoms with Gasteiger partial charge in [0.25, 0.3) is 0 Å². The van der Waals surface area contributed by atoms with Gasteiger partial charge in [-0.05, 0) is 36.4 Å². The Balaban J connectivity index is 2.03. The molecule has 0 aliphatic heterocycles. The van der Waals surface area contributed by atoms with E-state index in [1.54, 1.807) is 12.1 Å². The predicted octanol–water partition coefficient (Wildman–Crippen LogP) is 2.35. The maximum Gasteiger partial charge on any atom is 0.345 e. The first-order valence-corrected chi connectivity index (χ1v) is 5.09. The quantitative estimate of drug-likeness (QED) is 0.747. The highest BCUT2D eigenvalue weighted by atomic mass is 16.2. The van der Waals surface area contributed by atoms with E-state index in [2.05, 4.69) is 10.3 Å². The molecule has 1 aromatic carbocycles. The molecule has 0 bridgehead atoms. The molecular formula is C13H10N2O2. The number of carbonyl (C=O) groups excluding carboxylic acids is 2. The predicted molar refractivity (Wildman–Crippen MR) is 66.2 cm³/mol. The molecule has 0 heterocycles. The minimum atomic E-state index is -0.463. The number of aliphatic imine (C=N–C) groups is 1. The SMILES string of the molecule is O=C1C=CC(=NC(=O)Nc2ccccc2)C=C1. The summed E-state index contributed by atoms with van der Waals surface area (Å²) in [4.78, 5) is 26.2. The van der Waals surface area contributed by atoms with E-state index in [1.165, 1.54) is 24.3 Å². The number of hydrogen-bond donors (Lipinski definition) is 1. The van der Waals surface area contributed by atoms with E-state index in [9.17, 15) is 9.59 Å². The fraction of sp³-hybridized carbons (Fsp3) is 0. The molecule has 0 spiro atoms. The Kier molecular flexibility index (Phi) is 3.25. The van der Waals surface area contributed by atoms with Gasteiger partial charge >= 0.3 is 6.03 Å². The lowest BCUT2D eigenvalue weighted by atomic mass is 10.2. The van der Waals surface area contributed by atoms with E-state index >= 15 is 0 Å². The summed E-state index contributed by atoms with van der Waals surface area (Å²) in [5, 5.41) is 2.62. The van der Waals surface area contributed by atoms with Gasteiger partial charge < -0.3 is 5.32 Å². The minimum absolute atomic E-state index is 0.104. The monoisotopic (exact) mass is 226 g/mol. The molecule has 17 heavy (non-hydrogen) atoms. The van der Waals surface area contributed by atoms with Crippen molar-refractivity contribution in [2.45, 2.75) is 0 Å². The second kappa shape index (κ2) is 5.03. The second-order valence-electron chi connectivity index (χ2n) is 3.40. The number of allylic oxidation sites excluding steroid dienone is 4. The van der Waals surface area contributed by atoms with Crippen LogP contribution in [0.3, 0.4) is 0 Å². The number of urea groups is 1. The average Bonchev–Trinajstić information content (AvgIpc) is 2.33. The zero-order valence-corrected chi connectivity index (χ0v) is 8.96. The van der Waals surface area contributed by atoms with Crippen LogP contribution in [0.2, 0.25) is 0 Å². The molecule has 0 atom stereocenters. The molecule has 84 valence electrons. The van der Waals surface area contributed by atoms with Crippen molar-refractivity contribution in [1.82, 2.24) is 0 Å². The number of rotatable bonds is 1. The molecule has 0 saturated heterocycles. The Labute approximate surface area is 98.4 Å². The van der Waals surface area contributed by atoms with Gasteiger partial charge in [-0.3, -0.25) is 4.79 Å². The van der Waals surface area contributed by atoms with E-state index in [0.717, 1.165) is 0 Å². The maximum absolute atomic E-state index is 11.5. The van der Waals surface area contributed by atoms with Crippen LogP contribution < -0.4 is 5.32 Å². The first-order valence-electron chi connectivity index (χ1n) is 5.09. The van der Waals surface area contributed by atoms with Crippen LogP contribution in [0, 0.1) is 0 Å². The molecule has 0 fully saturated rings. The van der Waals surface area contributed by atoms with Crippen molar-refractivity contribution in [3.05, 3.63) is 54.6 Å². The Morgan fingerprint density at radius 1 is 1.00 bits per heavy atom. The van der Waals surface area contributed by atoms with Crippen molar-refractivity contribution in [3.63, 3.8) is 0 Å². The van der Waals surface area contributed by atoms with Gasteiger partial charge in [0.1, 0.15) is 0 Å². The molecule has 2 amide bonds. The van der Waals surface area contributed by atoms with E-state index in [-0.39, 0.29) is 5.78 Å². The molecule has 4 nitrogen and oxygen atoms in total. The third-order valence-electron chi connectivity index (χ3n) is 2.09. The van der Waals surface area contributed by atoms with Crippen molar-refractivity contribution in [2.75, 3.05) is 5.32 Å². The zero-order chi connectivity index (χ0) is 12.1. The van der Waals surface area contributed by atoms with Crippen LogP contribution in [0.1, 0.15) is 0 Å². The summed E-state index contributed by atoms with van der Waals surface area (Å²) < 4.78 is 0. The largest absolute Gasteiger partial charge is 0.345 e. The summed E-state index contributed by atoms with van der Waals surface area (Å²) in [7, 11) is 0. The number of benzene rings is 1. The molecule has 1 aromatic rings. The van der Waals surface area contributed by atoms with Crippen LogP contribution >= 0.6 is 0 Å². The van der Waals surface area contributed by atoms with Crippen LogP contribution in [0.15, 0.2) is 59.6 Å². The highest BCUT2D eigenvalue weighted by Crippen LogP contribution is 2.05. The summed E-state index contributed by atoms with van der Waals surface area (Å²) >= 11 is 0. The van der Waals surface area contributed by atoms with E-state index in [0.29, 0.717) is 11.4 Å². The minimum Gasteiger partial charge on any atom is -0.306 e. The Morgan fingerprint density at radius 2 is 1.65 bits per heavy atom. The van der Waals surface area contributed by atoms with Crippen LogP contribution in [0.4, 0.5) is 10.5 Å². The molecule has 0 unspecified atom stereocenters. The van der Waals surface area contributed by atoms with Crippen molar-refractivity contribution >= 4 is 23.2 Å². The number of para-hydroxylation sites is 1. The molecule has 1 aliphatic rings. The fourth-order valence-electron chi connectivity index (χ4n) is 1.31. The molecular weight excluding hydrogens is 216 g/mol. The lowest BCUT2D eigenvalue weighted by molar-refractivity contribution is -0.110. The van der Waals surface area contributed by atoms with Gasteiger partial charge in [0.05, 0.1) is 5.71 Å². The third kappa shape index (κ3) is 3.24. The van der Waals surface area contributed by atoms with Gasteiger partial charge in [0.2, 0.25) is 0 Å². The summed E-state index contributed by atoms with van der Waals surface area (Å²) in [5.41, 5.74) is 1.14. The van der Waals surface area contributed by atoms with Gasteiger partial charge in [-0.2, -0.15) is 4.99 Å². The highest BCUT2D eigenvalue weighted by Gasteiger charge is 2.03. The number of hydrogen-bond acceptors (Lipinski definition) is 2. The fourth-order valence-corrected chi connectivity index (χ4v) is 1.31. The van der Waals surface area contributed by atoms with Gasteiger partial charge in [0.15, 0.2) is 5.78 Å². The number of nitrogens with one attached hydrogen (secondary N) is 1. The zero-order valence-electron chi connectivity index (χ0n) is 8.96. The summed E-state index contributed by atoms with van der Waals surface area (Å²) in [5.74, 6) is -0.104. The topological polar surface area (TPSA) is 58.5 Å². The van der Waals surface area contributed by atoms with Crippen LogP contribution in [0.25, 0.3) is 0 Å². The first kappa shape index (κ1) is 11.0. The maximum atomic E-state index is 11.5. The molecule has 0 aromatic heterocycles. The number of amides is 2. The molecule has 0 radical (unpaired) electrons. The Bertz CT molecular complexity index is 510. The molecule has 4 heteroatoms. The number of carbonyl (C=O) groups is 2. The van der Waals surface area contributed by atoms with Crippen molar-refractivity contribution in [3.8, 4) is 0 Å². The van der Waals surface area contributed by atoms with Crippen LogP contribution in [-0.4, -0.2) is 17.5 Å². The van der Waals surface area contributed by atoms with E-state index < -0.39 is 6.03 Å². The van der Waals surface area contributed by atoms with E-state index in [4.69, 9.17) is 0 Å². The highest BCUT2D eigenvalue weighted by molar-refractivity contribution is 6.19. The summed E-state index contributed by atoms with van der Waals surface area (Å²) in [6.45, 7) is 0. The number of nitrogens with zero attached hydrogens (tertiary/aromatic N) is 1. The standard InChI is InChI=1S/C13H10N2O2/c16-12-8-6-11(7-9-12)15-13(17)14-10-4-2-1-3-5-10/h1-9H,(H,14,17). The first-order chi connectivity index (χ1) is 8.24. The Hall–Kier alpha value is -2.49. The lowest BCUT2D eigenvalue weighted by Gasteiger charge is -2.02. The van der Waals surface area contributed by atoms with Gasteiger partial charge in [0, 0.05) is 5.69 Å². The normalized spacial score (nSPS) is 13.6. The molecule has 1 N–H and O–H groups in total.